The highest BCUT2D eigenvalue weighted by molar-refractivity contribution is 7.18. The molecule has 0 saturated heterocycles. The number of aromatic nitrogens is 1. The summed E-state index contributed by atoms with van der Waals surface area (Å²) in [6.07, 6.45) is 6.12. The van der Waals surface area contributed by atoms with Crippen LogP contribution in [0.5, 0.6) is 0 Å². The highest BCUT2D eigenvalue weighted by Crippen LogP contribution is 2.32. The van der Waals surface area contributed by atoms with Gasteiger partial charge in [-0.15, -0.1) is 0 Å². The van der Waals surface area contributed by atoms with Gasteiger partial charge in [0.1, 0.15) is 10.7 Å². The molecule has 3 rings (SSSR count). The summed E-state index contributed by atoms with van der Waals surface area (Å²) in [5.41, 5.74) is 5.87. The van der Waals surface area contributed by atoms with Crippen molar-refractivity contribution >= 4 is 28.2 Å². The third-order valence-corrected chi connectivity index (χ3v) is 4.85. The van der Waals surface area contributed by atoms with Crippen LogP contribution in [0.3, 0.4) is 0 Å². The minimum absolute atomic E-state index is 0.00330. The number of rotatable bonds is 5. The van der Waals surface area contributed by atoms with Crippen molar-refractivity contribution in [3.05, 3.63) is 4.88 Å². The molecule has 0 spiro atoms. The number of nitrogens with one attached hydrogen (secondary N) is 1. The smallest absolute Gasteiger partial charge is 0.267 e. The number of hydrogen-bond donors (Lipinski definition) is 2. The maximum absolute atomic E-state index is 12.3. The van der Waals surface area contributed by atoms with E-state index in [1.165, 1.54) is 43.4 Å². The van der Waals surface area contributed by atoms with Crippen molar-refractivity contribution in [3.8, 4) is 0 Å². The van der Waals surface area contributed by atoms with Gasteiger partial charge in [-0.05, 0) is 38.0 Å². The predicted octanol–water partition coefficient (Wildman–Crippen LogP) is 2.17. The van der Waals surface area contributed by atoms with Crippen LogP contribution in [-0.2, 0) is 0 Å². The molecule has 2 aliphatic rings. The number of nitrogens with two attached hydrogens (primary N) is 1. The fraction of sp³-hybridized carbons (Fsp3) is 0.692. The summed E-state index contributed by atoms with van der Waals surface area (Å²) in [5, 5.41) is 4.13. The first-order valence-electron chi connectivity index (χ1n) is 6.92. The van der Waals surface area contributed by atoms with E-state index in [1.807, 2.05) is 7.05 Å². The molecule has 6 heteroatoms. The summed E-state index contributed by atoms with van der Waals surface area (Å²) in [7, 11) is 1.85. The quantitative estimate of drug-likeness (QED) is 0.867. The molecule has 3 N–H and O–H groups in total. The molecule has 104 valence electrons. The van der Waals surface area contributed by atoms with Gasteiger partial charge in [-0.1, -0.05) is 11.3 Å². The topological polar surface area (TPSA) is 71.2 Å². The van der Waals surface area contributed by atoms with E-state index in [1.54, 1.807) is 4.90 Å². The van der Waals surface area contributed by atoms with Gasteiger partial charge in [0.15, 0.2) is 5.13 Å². The molecule has 0 radical (unpaired) electrons. The maximum Gasteiger partial charge on any atom is 0.267 e. The Bertz CT molecular complexity index is 479. The molecule has 1 amide bonds. The van der Waals surface area contributed by atoms with E-state index in [9.17, 15) is 4.79 Å². The zero-order chi connectivity index (χ0) is 13.4. The summed E-state index contributed by atoms with van der Waals surface area (Å²) in [6.45, 7) is 0.835. The van der Waals surface area contributed by atoms with Crippen molar-refractivity contribution in [3.63, 3.8) is 0 Å². The van der Waals surface area contributed by atoms with Crippen molar-refractivity contribution in [2.75, 3.05) is 24.6 Å². The Hall–Kier alpha value is -1.30. The third kappa shape index (κ3) is 2.83. The van der Waals surface area contributed by atoms with Gasteiger partial charge >= 0.3 is 0 Å². The van der Waals surface area contributed by atoms with Gasteiger partial charge in [-0.25, -0.2) is 4.98 Å². The normalized spacial score (nSPS) is 19.0. The van der Waals surface area contributed by atoms with Gasteiger partial charge < -0.3 is 16.0 Å². The number of hydrogen-bond acceptors (Lipinski definition) is 5. The number of anilines is 2. The Labute approximate surface area is 117 Å². The summed E-state index contributed by atoms with van der Waals surface area (Å²) >= 11 is 1.38. The van der Waals surface area contributed by atoms with Crippen LogP contribution in [0.1, 0.15) is 41.8 Å². The molecule has 1 aromatic heterocycles. The molecule has 0 unspecified atom stereocenters. The van der Waals surface area contributed by atoms with Crippen molar-refractivity contribution in [1.29, 1.82) is 0 Å². The summed E-state index contributed by atoms with van der Waals surface area (Å²) < 4.78 is 0. The van der Waals surface area contributed by atoms with Crippen LogP contribution in [-0.4, -0.2) is 35.4 Å². The molecule has 0 aromatic carbocycles. The van der Waals surface area contributed by atoms with Crippen molar-refractivity contribution < 1.29 is 4.79 Å². The summed E-state index contributed by atoms with van der Waals surface area (Å²) in [6, 6.07) is 0.512. The number of nitrogen functional groups attached to an aromatic ring is 1. The van der Waals surface area contributed by atoms with Gasteiger partial charge in [0.25, 0.3) is 5.91 Å². The number of carbonyl (C=O) groups excluding carboxylic acids is 1. The second-order valence-electron chi connectivity index (χ2n) is 5.63. The Morgan fingerprint density at radius 1 is 1.47 bits per heavy atom. The van der Waals surface area contributed by atoms with Gasteiger partial charge in [-0.3, -0.25) is 4.79 Å². The molecule has 2 saturated carbocycles. The van der Waals surface area contributed by atoms with Crippen LogP contribution < -0.4 is 11.1 Å². The predicted molar refractivity (Wildman–Crippen MR) is 77.5 cm³/mol. The SMILES string of the molecule is CN(CC1CC1)C(=O)c1sc(NC2CCC2)nc1N. The molecule has 5 nitrogen and oxygen atoms in total. The summed E-state index contributed by atoms with van der Waals surface area (Å²) in [5.74, 6) is 1.05. The minimum atomic E-state index is 0.00330. The van der Waals surface area contributed by atoms with Crippen LogP contribution in [0.2, 0.25) is 0 Å². The van der Waals surface area contributed by atoms with Gasteiger partial charge in [0.2, 0.25) is 0 Å². The molecular weight excluding hydrogens is 260 g/mol. The fourth-order valence-corrected chi connectivity index (χ4v) is 3.17. The van der Waals surface area contributed by atoms with E-state index in [4.69, 9.17) is 5.73 Å². The van der Waals surface area contributed by atoms with Crippen LogP contribution in [0.4, 0.5) is 10.9 Å². The van der Waals surface area contributed by atoms with E-state index >= 15 is 0 Å². The first-order valence-corrected chi connectivity index (χ1v) is 7.73. The molecule has 0 atom stereocenters. The lowest BCUT2D eigenvalue weighted by atomic mass is 9.93. The average Bonchev–Trinajstić information content (AvgIpc) is 3.05. The highest BCUT2D eigenvalue weighted by atomic mass is 32.1. The lowest BCUT2D eigenvalue weighted by molar-refractivity contribution is 0.0794. The number of nitrogens with zero attached hydrogens (tertiary/aromatic N) is 2. The monoisotopic (exact) mass is 280 g/mol. The number of amides is 1. The van der Waals surface area contributed by atoms with Gasteiger partial charge in [-0.2, -0.15) is 0 Å². The Morgan fingerprint density at radius 2 is 2.21 bits per heavy atom. The lowest BCUT2D eigenvalue weighted by Crippen LogP contribution is -2.28. The largest absolute Gasteiger partial charge is 0.382 e. The third-order valence-electron chi connectivity index (χ3n) is 3.86. The van der Waals surface area contributed by atoms with Crippen LogP contribution in [0.15, 0.2) is 0 Å². The minimum Gasteiger partial charge on any atom is -0.382 e. The second-order valence-corrected chi connectivity index (χ2v) is 6.63. The molecule has 0 aliphatic heterocycles. The van der Waals surface area contributed by atoms with E-state index in [0.29, 0.717) is 22.7 Å². The van der Waals surface area contributed by atoms with Crippen molar-refractivity contribution in [2.24, 2.45) is 5.92 Å². The lowest BCUT2D eigenvalue weighted by Gasteiger charge is -2.25. The van der Waals surface area contributed by atoms with Crippen LogP contribution >= 0.6 is 11.3 Å². The van der Waals surface area contributed by atoms with E-state index in [0.717, 1.165) is 11.7 Å². The Morgan fingerprint density at radius 3 is 2.79 bits per heavy atom. The standard InChI is InChI=1S/C13H20N4OS/c1-17(7-8-5-6-8)12(18)10-11(14)16-13(19-10)15-9-3-2-4-9/h8-9H,2-7,14H2,1H3,(H,15,16). The molecule has 0 bridgehead atoms. The molecular formula is C13H20N4OS. The summed E-state index contributed by atoms with van der Waals surface area (Å²) in [4.78, 5) is 18.9. The van der Waals surface area contributed by atoms with Crippen molar-refractivity contribution in [1.82, 2.24) is 9.88 Å². The first-order chi connectivity index (χ1) is 9.13. The number of carbonyl (C=O) groups is 1. The van der Waals surface area contributed by atoms with Gasteiger partial charge in [0, 0.05) is 19.6 Å². The van der Waals surface area contributed by atoms with E-state index in [2.05, 4.69) is 10.3 Å². The van der Waals surface area contributed by atoms with E-state index < -0.39 is 0 Å². The maximum atomic E-state index is 12.3. The Balaban J connectivity index is 1.66. The second kappa shape index (κ2) is 5.00. The molecule has 1 aromatic rings. The fourth-order valence-electron chi connectivity index (χ4n) is 2.22. The van der Waals surface area contributed by atoms with E-state index in [-0.39, 0.29) is 5.91 Å². The average molecular weight is 280 g/mol. The Kier molecular flexibility index (Phi) is 3.35. The molecule has 1 heterocycles. The van der Waals surface area contributed by atoms with Gasteiger partial charge in [0.05, 0.1) is 0 Å². The van der Waals surface area contributed by atoms with Crippen molar-refractivity contribution in [2.45, 2.75) is 38.1 Å². The highest BCUT2D eigenvalue weighted by Gasteiger charge is 2.27. The van der Waals surface area contributed by atoms with Crippen LogP contribution in [0, 0.1) is 5.92 Å². The van der Waals surface area contributed by atoms with Crippen LogP contribution in [0.25, 0.3) is 0 Å². The molecule has 2 fully saturated rings. The molecule has 19 heavy (non-hydrogen) atoms. The molecule has 2 aliphatic carbocycles. The first kappa shape index (κ1) is 12.7. The number of thiazole rings is 1. The zero-order valence-corrected chi connectivity index (χ0v) is 12.0. The zero-order valence-electron chi connectivity index (χ0n) is 11.2.